The fourth-order valence-corrected chi connectivity index (χ4v) is 3.87. The fraction of sp³-hybridized carbons (Fsp3) is 0.500. The summed E-state index contributed by atoms with van der Waals surface area (Å²) in [5.41, 5.74) is 6.41. The van der Waals surface area contributed by atoms with Gasteiger partial charge in [-0.15, -0.1) is 0 Å². The molecule has 13 heavy (non-hydrogen) atoms. The largest absolute Gasteiger partial charge is 0.0580 e. The molecular formula is C12H13Br. The molecule has 2 aliphatic rings. The van der Waals surface area contributed by atoms with Crippen LogP contribution in [0.5, 0.6) is 0 Å². The maximum Gasteiger partial charge on any atom is 0.0247 e. The van der Waals surface area contributed by atoms with Gasteiger partial charge in [0.05, 0.1) is 0 Å². The van der Waals surface area contributed by atoms with E-state index in [9.17, 15) is 0 Å². The quantitative estimate of drug-likeness (QED) is 0.646. The molecule has 0 aliphatic heterocycles. The minimum Gasteiger partial charge on any atom is -0.0580 e. The van der Waals surface area contributed by atoms with Crippen LogP contribution >= 0.6 is 15.9 Å². The summed E-state index contributed by atoms with van der Waals surface area (Å²) in [6, 6.07) is 2.45. The summed E-state index contributed by atoms with van der Waals surface area (Å²) in [5.74, 6) is 0.787. The number of rotatable bonds is 0. The molecule has 0 aromatic heterocycles. The van der Waals surface area contributed by atoms with Crippen LogP contribution in [0.25, 0.3) is 0 Å². The maximum absolute atomic E-state index is 3.77. The number of fused-ring (bicyclic) bond motifs is 2. The molecule has 1 unspecified atom stereocenters. The zero-order valence-electron chi connectivity index (χ0n) is 7.86. The number of hydrogen-bond donors (Lipinski definition) is 0. The molecule has 1 atom stereocenters. The Morgan fingerprint density at radius 2 is 2.15 bits per heavy atom. The predicted octanol–water partition coefficient (Wildman–Crippen LogP) is 3.60. The van der Waals surface area contributed by atoms with Crippen LogP contribution in [-0.2, 0) is 19.3 Å². The normalized spacial score (nSPS) is 23.7. The fourth-order valence-electron chi connectivity index (χ4n) is 2.77. The zero-order chi connectivity index (χ0) is 9.00. The molecule has 68 valence electrons. The van der Waals surface area contributed by atoms with Gasteiger partial charge in [-0.05, 0) is 53.9 Å². The van der Waals surface area contributed by atoms with Crippen molar-refractivity contribution in [3.63, 3.8) is 0 Å². The SMILES string of the molecule is CC1Cc2cc3c(c(Br)c21)CCC3. The number of hydrogen-bond acceptors (Lipinski definition) is 0. The van der Waals surface area contributed by atoms with E-state index in [1.54, 1.807) is 22.3 Å². The molecule has 1 aromatic carbocycles. The lowest BCUT2D eigenvalue weighted by atomic mass is 9.77. The van der Waals surface area contributed by atoms with E-state index in [0.717, 1.165) is 5.92 Å². The highest BCUT2D eigenvalue weighted by Crippen LogP contribution is 2.44. The molecule has 0 fully saturated rings. The second-order valence-electron chi connectivity index (χ2n) is 4.36. The van der Waals surface area contributed by atoms with Crippen LogP contribution in [0, 0.1) is 0 Å². The van der Waals surface area contributed by atoms with Gasteiger partial charge in [-0.1, -0.05) is 28.9 Å². The van der Waals surface area contributed by atoms with Crippen molar-refractivity contribution in [3.8, 4) is 0 Å². The lowest BCUT2D eigenvalue weighted by molar-refractivity contribution is 0.660. The van der Waals surface area contributed by atoms with E-state index in [1.807, 2.05) is 0 Å². The summed E-state index contributed by atoms with van der Waals surface area (Å²) in [5, 5.41) is 0. The molecule has 1 heteroatoms. The monoisotopic (exact) mass is 236 g/mol. The highest BCUT2D eigenvalue weighted by atomic mass is 79.9. The topological polar surface area (TPSA) is 0 Å². The van der Waals surface area contributed by atoms with E-state index in [-0.39, 0.29) is 0 Å². The van der Waals surface area contributed by atoms with Crippen LogP contribution in [0.15, 0.2) is 10.5 Å². The minimum atomic E-state index is 0.787. The van der Waals surface area contributed by atoms with Gasteiger partial charge in [0.25, 0.3) is 0 Å². The average molecular weight is 237 g/mol. The van der Waals surface area contributed by atoms with Gasteiger partial charge >= 0.3 is 0 Å². The first-order valence-corrected chi connectivity index (χ1v) is 5.89. The first-order valence-electron chi connectivity index (χ1n) is 5.10. The van der Waals surface area contributed by atoms with Crippen molar-refractivity contribution in [3.05, 3.63) is 32.8 Å². The first-order chi connectivity index (χ1) is 6.27. The Kier molecular flexibility index (Phi) is 1.61. The van der Waals surface area contributed by atoms with Crippen molar-refractivity contribution in [2.75, 3.05) is 0 Å². The predicted molar refractivity (Wildman–Crippen MR) is 58.3 cm³/mol. The summed E-state index contributed by atoms with van der Waals surface area (Å²) >= 11 is 3.77. The van der Waals surface area contributed by atoms with Crippen LogP contribution < -0.4 is 0 Å². The molecule has 2 aliphatic carbocycles. The number of halogens is 1. The molecule has 0 N–H and O–H groups in total. The Morgan fingerprint density at radius 1 is 1.31 bits per heavy atom. The molecule has 0 bridgehead atoms. The van der Waals surface area contributed by atoms with Gasteiger partial charge < -0.3 is 0 Å². The van der Waals surface area contributed by atoms with E-state index >= 15 is 0 Å². The van der Waals surface area contributed by atoms with E-state index in [2.05, 4.69) is 28.9 Å². The molecule has 0 saturated carbocycles. The second-order valence-corrected chi connectivity index (χ2v) is 5.15. The van der Waals surface area contributed by atoms with Crippen LogP contribution in [-0.4, -0.2) is 0 Å². The van der Waals surface area contributed by atoms with Crippen molar-refractivity contribution in [1.82, 2.24) is 0 Å². The summed E-state index contributed by atoms with van der Waals surface area (Å²) in [6.45, 7) is 2.33. The summed E-state index contributed by atoms with van der Waals surface area (Å²) in [6.07, 6.45) is 5.23. The van der Waals surface area contributed by atoms with Gasteiger partial charge in [-0.3, -0.25) is 0 Å². The second kappa shape index (κ2) is 2.60. The van der Waals surface area contributed by atoms with Gasteiger partial charge in [-0.25, -0.2) is 0 Å². The minimum absolute atomic E-state index is 0.787. The molecule has 3 rings (SSSR count). The van der Waals surface area contributed by atoms with E-state index < -0.39 is 0 Å². The van der Waals surface area contributed by atoms with Crippen molar-refractivity contribution >= 4 is 15.9 Å². The van der Waals surface area contributed by atoms with Crippen LogP contribution in [0.3, 0.4) is 0 Å². The van der Waals surface area contributed by atoms with E-state index in [1.165, 1.54) is 30.2 Å². The molecule has 0 nitrogen and oxygen atoms in total. The maximum atomic E-state index is 3.77. The first kappa shape index (κ1) is 8.05. The Hall–Kier alpha value is -0.300. The summed E-state index contributed by atoms with van der Waals surface area (Å²) in [7, 11) is 0. The molecule has 0 amide bonds. The Balaban J connectivity index is 2.25. The average Bonchev–Trinajstić information content (AvgIpc) is 2.50. The van der Waals surface area contributed by atoms with Crippen molar-refractivity contribution < 1.29 is 0 Å². The number of aryl methyl sites for hydroxylation is 1. The van der Waals surface area contributed by atoms with Crippen molar-refractivity contribution in [2.45, 2.75) is 38.5 Å². The molecule has 1 aromatic rings. The van der Waals surface area contributed by atoms with Gasteiger partial charge in [0, 0.05) is 4.47 Å². The van der Waals surface area contributed by atoms with Crippen LogP contribution in [0.2, 0.25) is 0 Å². The third-order valence-electron chi connectivity index (χ3n) is 3.48. The van der Waals surface area contributed by atoms with Crippen LogP contribution in [0.4, 0.5) is 0 Å². The van der Waals surface area contributed by atoms with Crippen molar-refractivity contribution in [2.24, 2.45) is 0 Å². The third kappa shape index (κ3) is 0.969. The summed E-state index contributed by atoms with van der Waals surface area (Å²) in [4.78, 5) is 0. The molecule has 0 radical (unpaired) electrons. The third-order valence-corrected chi connectivity index (χ3v) is 4.38. The zero-order valence-corrected chi connectivity index (χ0v) is 9.45. The molecule has 0 spiro atoms. The van der Waals surface area contributed by atoms with Gasteiger partial charge in [-0.2, -0.15) is 0 Å². The Bertz CT molecular complexity index is 375. The van der Waals surface area contributed by atoms with Gasteiger partial charge in [0.15, 0.2) is 0 Å². The standard InChI is InChI=1S/C12H13Br/c1-7-5-9-6-8-3-2-4-10(8)12(13)11(7)9/h6-7H,2-5H2,1H3. The van der Waals surface area contributed by atoms with Crippen molar-refractivity contribution in [1.29, 1.82) is 0 Å². The van der Waals surface area contributed by atoms with Gasteiger partial charge in [0.1, 0.15) is 0 Å². The van der Waals surface area contributed by atoms with Crippen LogP contribution in [0.1, 0.15) is 41.5 Å². The molecular weight excluding hydrogens is 224 g/mol. The smallest absolute Gasteiger partial charge is 0.0247 e. The Labute approximate surface area is 87.5 Å². The lowest BCUT2D eigenvalue weighted by Crippen LogP contribution is -2.16. The number of benzene rings is 1. The Morgan fingerprint density at radius 3 is 2.92 bits per heavy atom. The highest BCUT2D eigenvalue weighted by molar-refractivity contribution is 9.10. The van der Waals surface area contributed by atoms with E-state index in [0.29, 0.717) is 0 Å². The molecule has 0 heterocycles. The van der Waals surface area contributed by atoms with E-state index in [4.69, 9.17) is 0 Å². The molecule has 0 saturated heterocycles. The van der Waals surface area contributed by atoms with Gasteiger partial charge in [0.2, 0.25) is 0 Å². The lowest BCUT2D eigenvalue weighted by Gasteiger charge is -2.30. The summed E-state index contributed by atoms with van der Waals surface area (Å²) < 4.78 is 1.44. The highest BCUT2D eigenvalue weighted by Gasteiger charge is 2.29.